The van der Waals surface area contributed by atoms with Crippen LogP contribution in [-0.4, -0.2) is 11.4 Å². The number of halogens is 3. The van der Waals surface area contributed by atoms with E-state index in [9.17, 15) is 13.6 Å². The van der Waals surface area contributed by atoms with Gasteiger partial charge in [0.05, 0.1) is 11.6 Å². The molecule has 1 atom stereocenters. The molecule has 1 aromatic carbocycles. The molecule has 1 unspecified atom stereocenters. The van der Waals surface area contributed by atoms with Gasteiger partial charge in [-0.1, -0.05) is 13.0 Å². The summed E-state index contributed by atoms with van der Waals surface area (Å²) in [6.07, 6.45) is 1.83. The number of carbonyl (C=O) groups excluding carboxylic acids is 1. The van der Waals surface area contributed by atoms with Gasteiger partial charge in [0.25, 0.3) is 0 Å². The number of nitrogens with two attached hydrogens (primary N) is 1. The third-order valence-electron chi connectivity index (χ3n) is 3.29. The molecule has 0 spiro atoms. The van der Waals surface area contributed by atoms with Crippen molar-refractivity contribution < 1.29 is 13.6 Å². The fourth-order valence-corrected chi connectivity index (χ4v) is 1.85. The fourth-order valence-electron chi connectivity index (χ4n) is 1.85. The Morgan fingerprint density at radius 2 is 2.11 bits per heavy atom. The van der Waals surface area contributed by atoms with Crippen LogP contribution < -0.4 is 11.1 Å². The number of rotatable bonds is 4. The normalized spacial score (nSPS) is 17.3. The number of amides is 1. The first-order valence-electron chi connectivity index (χ1n) is 6.01. The third-order valence-corrected chi connectivity index (χ3v) is 3.29. The summed E-state index contributed by atoms with van der Waals surface area (Å²) in [7, 11) is 0. The lowest BCUT2D eigenvalue weighted by Crippen LogP contribution is -2.44. The molecule has 0 saturated heterocycles. The van der Waals surface area contributed by atoms with Crippen LogP contribution in [0.1, 0.15) is 37.8 Å². The largest absolute Gasteiger partial charge is 0.348 e. The second-order valence-electron chi connectivity index (χ2n) is 4.76. The van der Waals surface area contributed by atoms with Crippen LogP contribution in [0.3, 0.4) is 0 Å². The van der Waals surface area contributed by atoms with Crippen molar-refractivity contribution in [1.82, 2.24) is 5.32 Å². The smallest absolute Gasteiger partial charge is 0.240 e. The average molecular weight is 291 g/mol. The van der Waals surface area contributed by atoms with Crippen molar-refractivity contribution in [3.05, 3.63) is 35.4 Å². The topological polar surface area (TPSA) is 55.1 Å². The third kappa shape index (κ3) is 3.42. The van der Waals surface area contributed by atoms with Gasteiger partial charge in [0, 0.05) is 11.6 Å². The van der Waals surface area contributed by atoms with Crippen molar-refractivity contribution in [2.75, 3.05) is 0 Å². The average Bonchev–Trinajstić information content (AvgIpc) is 3.06. The van der Waals surface area contributed by atoms with Crippen LogP contribution in [-0.2, 0) is 4.79 Å². The number of nitrogens with one attached hydrogen (secondary N) is 1. The zero-order chi connectivity index (χ0) is 13.3. The van der Waals surface area contributed by atoms with E-state index < -0.39 is 23.2 Å². The lowest BCUT2D eigenvalue weighted by molar-refractivity contribution is -0.124. The SMILES string of the molecule is CCC(NC(=O)C1(N)CC1)c1ccc(F)cc1F.Cl. The van der Waals surface area contributed by atoms with E-state index in [2.05, 4.69) is 5.32 Å². The minimum Gasteiger partial charge on any atom is -0.348 e. The Balaban J connectivity index is 0.00000180. The predicted octanol–water partition coefficient (Wildman–Crippen LogP) is 2.45. The Kier molecular flexibility index (Phi) is 4.87. The van der Waals surface area contributed by atoms with E-state index in [1.807, 2.05) is 6.92 Å². The van der Waals surface area contributed by atoms with Crippen LogP contribution in [0.5, 0.6) is 0 Å². The first-order chi connectivity index (χ1) is 8.46. The summed E-state index contributed by atoms with van der Waals surface area (Å²) in [6.45, 7) is 1.82. The van der Waals surface area contributed by atoms with E-state index in [4.69, 9.17) is 5.73 Å². The zero-order valence-corrected chi connectivity index (χ0v) is 11.4. The molecule has 6 heteroatoms. The first-order valence-corrected chi connectivity index (χ1v) is 6.01. The molecule has 1 amide bonds. The molecule has 3 nitrogen and oxygen atoms in total. The van der Waals surface area contributed by atoms with Gasteiger partial charge in [0.15, 0.2) is 0 Å². The van der Waals surface area contributed by atoms with E-state index in [-0.39, 0.29) is 23.9 Å². The monoisotopic (exact) mass is 290 g/mol. The summed E-state index contributed by atoms with van der Waals surface area (Å²) in [6, 6.07) is 2.89. The Morgan fingerprint density at radius 3 is 2.58 bits per heavy atom. The van der Waals surface area contributed by atoms with Gasteiger partial charge >= 0.3 is 0 Å². The van der Waals surface area contributed by atoms with E-state index in [1.54, 1.807) is 0 Å². The van der Waals surface area contributed by atoms with Gasteiger partial charge in [-0.2, -0.15) is 0 Å². The number of hydrogen-bond acceptors (Lipinski definition) is 2. The van der Waals surface area contributed by atoms with Crippen molar-refractivity contribution in [3.8, 4) is 0 Å². The molecular formula is C13H17ClF2N2O. The molecule has 0 bridgehead atoms. The summed E-state index contributed by atoms with van der Waals surface area (Å²) in [4.78, 5) is 11.8. The second kappa shape index (κ2) is 5.84. The Hall–Kier alpha value is -1.20. The molecule has 0 aromatic heterocycles. The van der Waals surface area contributed by atoms with Gasteiger partial charge in [0.1, 0.15) is 11.6 Å². The highest BCUT2D eigenvalue weighted by molar-refractivity contribution is 5.89. The molecule has 2 rings (SSSR count). The van der Waals surface area contributed by atoms with E-state index in [0.717, 1.165) is 6.07 Å². The summed E-state index contributed by atoms with van der Waals surface area (Å²) >= 11 is 0. The van der Waals surface area contributed by atoms with Gasteiger partial charge in [-0.15, -0.1) is 12.4 Å². The standard InChI is InChI=1S/C13H16F2N2O.ClH/c1-2-11(17-12(18)13(16)5-6-13)9-4-3-8(14)7-10(9)15;/h3-4,7,11H,2,5-6,16H2,1H3,(H,17,18);1H. The minimum atomic E-state index is -0.788. The molecule has 1 saturated carbocycles. The highest BCUT2D eigenvalue weighted by Crippen LogP contribution is 2.33. The molecule has 0 radical (unpaired) electrons. The molecule has 0 heterocycles. The highest BCUT2D eigenvalue weighted by atomic mass is 35.5. The molecule has 1 fully saturated rings. The molecular weight excluding hydrogens is 274 g/mol. The maximum absolute atomic E-state index is 13.6. The minimum absolute atomic E-state index is 0. The number of benzene rings is 1. The lowest BCUT2D eigenvalue weighted by atomic mass is 10.0. The van der Waals surface area contributed by atoms with Crippen molar-refractivity contribution >= 4 is 18.3 Å². The second-order valence-corrected chi connectivity index (χ2v) is 4.76. The van der Waals surface area contributed by atoms with Gasteiger partial charge in [-0.25, -0.2) is 8.78 Å². The van der Waals surface area contributed by atoms with Gasteiger partial charge in [-0.3, -0.25) is 4.79 Å². The summed E-state index contributed by atoms with van der Waals surface area (Å²) in [5.41, 5.74) is 5.27. The van der Waals surface area contributed by atoms with Crippen LogP contribution in [0.15, 0.2) is 18.2 Å². The summed E-state index contributed by atoms with van der Waals surface area (Å²) < 4.78 is 26.5. The van der Waals surface area contributed by atoms with Crippen LogP contribution in [0.4, 0.5) is 8.78 Å². The molecule has 0 aliphatic heterocycles. The van der Waals surface area contributed by atoms with E-state index in [1.165, 1.54) is 12.1 Å². The van der Waals surface area contributed by atoms with Gasteiger partial charge in [0.2, 0.25) is 5.91 Å². The van der Waals surface area contributed by atoms with Crippen molar-refractivity contribution in [1.29, 1.82) is 0 Å². The quantitative estimate of drug-likeness (QED) is 0.895. The molecule has 1 aliphatic carbocycles. The molecule has 106 valence electrons. The van der Waals surface area contributed by atoms with Gasteiger partial charge < -0.3 is 11.1 Å². The van der Waals surface area contributed by atoms with Crippen LogP contribution in [0, 0.1) is 11.6 Å². The number of hydrogen-bond donors (Lipinski definition) is 2. The van der Waals surface area contributed by atoms with Crippen LogP contribution in [0.2, 0.25) is 0 Å². The molecule has 1 aliphatic rings. The maximum atomic E-state index is 13.6. The van der Waals surface area contributed by atoms with Crippen molar-refractivity contribution in [3.63, 3.8) is 0 Å². The predicted molar refractivity (Wildman–Crippen MR) is 70.9 cm³/mol. The number of carbonyl (C=O) groups is 1. The van der Waals surface area contributed by atoms with Gasteiger partial charge in [-0.05, 0) is 25.3 Å². The van der Waals surface area contributed by atoms with Crippen LogP contribution in [0.25, 0.3) is 0 Å². The molecule has 1 aromatic rings. The summed E-state index contributed by atoms with van der Waals surface area (Å²) in [5, 5.41) is 2.72. The van der Waals surface area contributed by atoms with Crippen LogP contribution >= 0.6 is 12.4 Å². The first kappa shape index (κ1) is 15.9. The zero-order valence-electron chi connectivity index (χ0n) is 10.6. The highest BCUT2D eigenvalue weighted by Gasteiger charge is 2.46. The Labute approximate surface area is 117 Å². The maximum Gasteiger partial charge on any atom is 0.240 e. The van der Waals surface area contributed by atoms with Crippen molar-refractivity contribution in [2.24, 2.45) is 5.73 Å². The fraction of sp³-hybridized carbons (Fsp3) is 0.462. The van der Waals surface area contributed by atoms with E-state index in [0.29, 0.717) is 19.3 Å². The Bertz CT molecular complexity index is 478. The Morgan fingerprint density at radius 1 is 1.47 bits per heavy atom. The summed E-state index contributed by atoms with van der Waals surface area (Å²) in [5.74, 6) is -1.54. The van der Waals surface area contributed by atoms with Crippen molar-refractivity contribution in [2.45, 2.75) is 37.8 Å². The lowest BCUT2D eigenvalue weighted by Gasteiger charge is -2.20. The van der Waals surface area contributed by atoms with E-state index >= 15 is 0 Å². The molecule has 19 heavy (non-hydrogen) atoms. The molecule has 3 N–H and O–H groups in total.